The minimum atomic E-state index is -3.34. The molecule has 1 aliphatic heterocycles. The molecule has 1 aromatic rings. The van der Waals surface area contributed by atoms with Crippen LogP contribution in [0.2, 0.25) is 0 Å². The topological polar surface area (TPSA) is 89.3 Å². The van der Waals surface area contributed by atoms with Gasteiger partial charge < -0.3 is 11.1 Å². The van der Waals surface area contributed by atoms with Crippen LogP contribution < -0.4 is 11.1 Å². The molecule has 0 saturated carbocycles. The number of hydrogen-bond acceptors (Lipinski definition) is 4. The molecule has 1 aliphatic rings. The molecule has 0 spiro atoms. The minimum absolute atomic E-state index is 0.329. The SMILES string of the molecule is CS(=O)(=O)C[C@@H](C(N)=O)C1CNc2ccc(F)cc21. The Bertz CT molecular complexity index is 615. The second-order valence-corrected chi connectivity index (χ2v) is 7.01. The van der Waals surface area contributed by atoms with E-state index in [-0.39, 0.29) is 5.75 Å². The average Bonchev–Trinajstić information content (AvgIpc) is 2.67. The van der Waals surface area contributed by atoms with Crippen LogP contribution in [0.1, 0.15) is 11.5 Å². The summed E-state index contributed by atoms with van der Waals surface area (Å²) in [5.41, 5.74) is 6.61. The first kappa shape index (κ1) is 13.8. The Hall–Kier alpha value is -1.63. The van der Waals surface area contributed by atoms with Crippen LogP contribution in [0.5, 0.6) is 0 Å². The van der Waals surface area contributed by atoms with Crippen molar-refractivity contribution >= 4 is 21.4 Å². The predicted molar refractivity (Wildman–Crippen MR) is 70.0 cm³/mol. The fourth-order valence-electron chi connectivity index (χ4n) is 2.41. The normalized spacial score (nSPS) is 19.6. The highest BCUT2D eigenvalue weighted by Crippen LogP contribution is 2.37. The molecule has 1 aromatic carbocycles. The molecule has 0 aromatic heterocycles. The summed E-state index contributed by atoms with van der Waals surface area (Å²) >= 11 is 0. The van der Waals surface area contributed by atoms with E-state index < -0.39 is 33.4 Å². The van der Waals surface area contributed by atoms with Crippen LogP contribution >= 0.6 is 0 Å². The Morgan fingerprint density at radius 2 is 2.26 bits per heavy atom. The van der Waals surface area contributed by atoms with Gasteiger partial charge in [-0.15, -0.1) is 0 Å². The van der Waals surface area contributed by atoms with Gasteiger partial charge in [0.1, 0.15) is 15.7 Å². The van der Waals surface area contributed by atoms with Gasteiger partial charge in [-0.2, -0.15) is 0 Å². The Kier molecular flexibility index (Phi) is 3.49. The van der Waals surface area contributed by atoms with E-state index >= 15 is 0 Å². The molecular formula is C12H15FN2O3S. The molecule has 0 aliphatic carbocycles. The number of halogens is 1. The fraction of sp³-hybridized carbons (Fsp3) is 0.417. The number of amides is 1. The van der Waals surface area contributed by atoms with Crippen LogP contribution in [0.4, 0.5) is 10.1 Å². The van der Waals surface area contributed by atoms with Gasteiger partial charge in [-0.1, -0.05) is 0 Å². The number of benzene rings is 1. The van der Waals surface area contributed by atoms with Gasteiger partial charge in [0.25, 0.3) is 0 Å². The Morgan fingerprint density at radius 3 is 2.84 bits per heavy atom. The van der Waals surface area contributed by atoms with E-state index in [0.717, 1.165) is 6.26 Å². The molecular weight excluding hydrogens is 271 g/mol. The molecule has 2 atom stereocenters. The molecule has 0 fully saturated rings. The highest BCUT2D eigenvalue weighted by atomic mass is 32.2. The predicted octanol–water partition coefficient (Wildman–Crippen LogP) is 0.481. The number of sulfone groups is 1. The molecule has 19 heavy (non-hydrogen) atoms. The summed E-state index contributed by atoms with van der Waals surface area (Å²) in [4.78, 5) is 11.5. The van der Waals surface area contributed by atoms with Crippen molar-refractivity contribution in [1.82, 2.24) is 0 Å². The van der Waals surface area contributed by atoms with Gasteiger partial charge in [-0.05, 0) is 23.8 Å². The maximum absolute atomic E-state index is 13.3. The molecule has 7 heteroatoms. The number of fused-ring (bicyclic) bond motifs is 1. The van der Waals surface area contributed by atoms with E-state index in [1.807, 2.05) is 0 Å². The lowest BCUT2D eigenvalue weighted by Crippen LogP contribution is -2.35. The molecule has 1 heterocycles. The zero-order chi connectivity index (χ0) is 14.2. The number of nitrogens with one attached hydrogen (secondary N) is 1. The zero-order valence-electron chi connectivity index (χ0n) is 10.4. The standard InChI is InChI=1S/C12H15FN2O3S/c1-19(17,18)6-10(12(14)16)9-5-15-11-3-2-7(13)4-8(9)11/h2-4,9-10,15H,5-6H2,1H3,(H2,14,16)/t9?,10-/m1/s1. The lowest BCUT2D eigenvalue weighted by Gasteiger charge is -2.19. The van der Waals surface area contributed by atoms with Crippen molar-refractivity contribution in [2.45, 2.75) is 5.92 Å². The maximum Gasteiger partial charge on any atom is 0.222 e. The fourth-order valence-corrected chi connectivity index (χ4v) is 3.46. The van der Waals surface area contributed by atoms with Crippen molar-refractivity contribution in [3.05, 3.63) is 29.6 Å². The number of hydrogen-bond donors (Lipinski definition) is 2. The van der Waals surface area contributed by atoms with Crippen LogP contribution in [0.25, 0.3) is 0 Å². The summed E-state index contributed by atoms with van der Waals surface area (Å²) in [6, 6.07) is 4.20. The van der Waals surface area contributed by atoms with Gasteiger partial charge in [0.2, 0.25) is 5.91 Å². The van der Waals surface area contributed by atoms with E-state index in [0.29, 0.717) is 17.8 Å². The summed E-state index contributed by atoms with van der Waals surface area (Å²) in [5.74, 6) is -2.71. The Labute approximate surface area is 110 Å². The highest BCUT2D eigenvalue weighted by Gasteiger charge is 2.35. The zero-order valence-corrected chi connectivity index (χ0v) is 11.2. The van der Waals surface area contributed by atoms with E-state index in [1.54, 1.807) is 6.07 Å². The van der Waals surface area contributed by atoms with Gasteiger partial charge in [-0.3, -0.25) is 4.79 Å². The van der Waals surface area contributed by atoms with Crippen molar-refractivity contribution in [3.8, 4) is 0 Å². The van der Waals surface area contributed by atoms with Crippen LogP contribution in [0.15, 0.2) is 18.2 Å². The monoisotopic (exact) mass is 286 g/mol. The average molecular weight is 286 g/mol. The molecule has 0 bridgehead atoms. The van der Waals surface area contributed by atoms with E-state index in [9.17, 15) is 17.6 Å². The van der Waals surface area contributed by atoms with E-state index in [2.05, 4.69) is 5.32 Å². The molecule has 1 amide bonds. The van der Waals surface area contributed by atoms with E-state index in [4.69, 9.17) is 5.73 Å². The summed E-state index contributed by atoms with van der Waals surface area (Å²) in [6.07, 6.45) is 1.05. The quantitative estimate of drug-likeness (QED) is 0.842. The van der Waals surface area contributed by atoms with Crippen molar-refractivity contribution in [2.24, 2.45) is 11.7 Å². The van der Waals surface area contributed by atoms with Crippen molar-refractivity contribution in [3.63, 3.8) is 0 Å². The number of nitrogens with two attached hydrogens (primary N) is 1. The van der Waals surface area contributed by atoms with Crippen molar-refractivity contribution in [1.29, 1.82) is 0 Å². The van der Waals surface area contributed by atoms with Gasteiger partial charge in [0, 0.05) is 24.4 Å². The molecule has 0 radical (unpaired) electrons. The first-order valence-corrected chi connectivity index (χ1v) is 7.84. The number of anilines is 1. The molecule has 2 rings (SSSR count). The molecule has 3 N–H and O–H groups in total. The highest BCUT2D eigenvalue weighted by molar-refractivity contribution is 7.90. The van der Waals surface area contributed by atoms with Gasteiger partial charge in [-0.25, -0.2) is 12.8 Å². The van der Waals surface area contributed by atoms with Crippen LogP contribution in [0.3, 0.4) is 0 Å². The summed E-state index contributed by atoms with van der Waals surface area (Å²) in [6.45, 7) is 0.377. The van der Waals surface area contributed by atoms with E-state index in [1.165, 1.54) is 12.1 Å². The molecule has 5 nitrogen and oxygen atoms in total. The number of primary amides is 1. The third-order valence-electron chi connectivity index (χ3n) is 3.26. The maximum atomic E-state index is 13.3. The van der Waals surface area contributed by atoms with Crippen LogP contribution in [-0.2, 0) is 14.6 Å². The van der Waals surface area contributed by atoms with Crippen LogP contribution in [0, 0.1) is 11.7 Å². The van der Waals surface area contributed by atoms with Crippen molar-refractivity contribution < 1.29 is 17.6 Å². The first-order valence-electron chi connectivity index (χ1n) is 5.78. The van der Waals surface area contributed by atoms with Gasteiger partial charge in [0.15, 0.2) is 0 Å². The Morgan fingerprint density at radius 1 is 1.58 bits per heavy atom. The van der Waals surface area contributed by atoms with Crippen LogP contribution in [-0.4, -0.2) is 32.9 Å². The van der Waals surface area contributed by atoms with Gasteiger partial charge >= 0.3 is 0 Å². The summed E-state index contributed by atoms with van der Waals surface area (Å²) in [5, 5.41) is 3.03. The third kappa shape index (κ3) is 3.04. The lowest BCUT2D eigenvalue weighted by atomic mass is 9.88. The number of carbonyl (C=O) groups is 1. The summed E-state index contributed by atoms with van der Waals surface area (Å²) < 4.78 is 36.0. The molecule has 104 valence electrons. The largest absolute Gasteiger partial charge is 0.384 e. The first-order chi connectivity index (χ1) is 8.78. The number of carbonyl (C=O) groups excluding carboxylic acids is 1. The Balaban J connectivity index is 2.36. The molecule has 1 unspecified atom stereocenters. The summed E-state index contributed by atoms with van der Waals surface area (Å²) in [7, 11) is -3.34. The second-order valence-electron chi connectivity index (χ2n) is 4.82. The minimum Gasteiger partial charge on any atom is -0.384 e. The number of rotatable bonds is 4. The smallest absolute Gasteiger partial charge is 0.222 e. The van der Waals surface area contributed by atoms with Crippen molar-refractivity contribution in [2.75, 3.05) is 23.9 Å². The third-order valence-corrected chi connectivity index (χ3v) is 4.22. The lowest BCUT2D eigenvalue weighted by molar-refractivity contribution is -0.121. The second kappa shape index (κ2) is 4.80. The molecule has 0 saturated heterocycles. The van der Waals surface area contributed by atoms with Gasteiger partial charge in [0.05, 0.1) is 11.7 Å².